The zero-order chi connectivity index (χ0) is 22.6. The Morgan fingerprint density at radius 3 is 1.50 bits per heavy atom. The Morgan fingerprint density at radius 2 is 1.10 bits per heavy atom. The number of benzene rings is 1. The monoisotopic (exact) mass is 439 g/mol. The molecule has 1 rings (SSSR count). The third-order valence-electron chi connectivity index (χ3n) is 4.88. The second-order valence-corrected chi connectivity index (χ2v) is 7.63. The van der Waals surface area contributed by atoms with Gasteiger partial charge in [0.15, 0.2) is 0 Å². The van der Waals surface area contributed by atoms with Gasteiger partial charge in [-0.15, -0.1) is 0 Å². The number of unbranched alkanes of at least 4 members (excludes halogenated alkanes) is 10. The lowest BCUT2D eigenvalue weighted by Crippen LogP contribution is -2.15. The first-order valence-corrected chi connectivity index (χ1v) is 10.6. The minimum atomic E-state index is -4.93. The normalized spacial score (nSPS) is 12.2. The van der Waals surface area contributed by atoms with Crippen LogP contribution in [0.25, 0.3) is 0 Å². The van der Waals surface area contributed by atoms with E-state index >= 15 is 0 Å². The summed E-state index contributed by atoms with van der Waals surface area (Å²) in [6.45, 7) is 2.18. The lowest BCUT2D eigenvalue weighted by atomic mass is 10.0. The summed E-state index contributed by atoms with van der Waals surface area (Å²) in [6, 6.07) is 1.08. The third kappa shape index (κ3) is 10.9. The van der Waals surface area contributed by atoms with E-state index in [1.54, 1.807) is 0 Å². The van der Waals surface area contributed by atoms with Gasteiger partial charge in [-0.05, 0) is 24.6 Å². The van der Waals surface area contributed by atoms with Crippen LogP contribution in [0.3, 0.4) is 0 Å². The van der Waals surface area contributed by atoms with Crippen LogP contribution in [0.4, 0.5) is 32.0 Å². The van der Waals surface area contributed by atoms with Crippen LogP contribution in [-0.4, -0.2) is 5.91 Å². The molecule has 0 saturated carbocycles. The number of anilines is 1. The number of rotatable bonds is 13. The Balaban J connectivity index is 2.36. The Kier molecular flexibility index (Phi) is 11.3. The molecule has 0 unspecified atom stereocenters. The number of carbonyl (C=O) groups excluding carboxylic acids is 1. The van der Waals surface area contributed by atoms with Crippen LogP contribution in [0, 0.1) is 0 Å². The van der Waals surface area contributed by atoms with E-state index in [0.29, 0.717) is 18.6 Å². The molecule has 1 amide bonds. The largest absolute Gasteiger partial charge is 0.416 e. The number of amides is 1. The van der Waals surface area contributed by atoms with Crippen molar-refractivity contribution in [3.8, 4) is 0 Å². The topological polar surface area (TPSA) is 29.1 Å². The third-order valence-corrected chi connectivity index (χ3v) is 4.88. The molecule has 172 valence electrons. The zero-order valence-corrected chi connectivity index (χ0v) is 17.4. The Bertz CT molecular complexity index is 607. The van der Waals surface area contributed by atoms with Gasteiger partial charge in [0.25, 0.3) is 0 Å². The van der Waals surface area contributed by atoms with Crippen LogP contribution in [0.15, 0.2) is 18.2 Å². The van der Waals surface area contributed by atoms with Crippen molar-refractivity contribution in [2.45, 2.75) is 96.3 Å². The molecule has 0 atom stereocenters. The highest BCUT2D eigenvalue weighted by Gasteiger charge is 2.37. The van der Waals surface area contributed by atoms with Crippen molar-refractivity contribution in [2.24, 2.45) is 0 Å². The number of halogens is 6. The average molecular weight is 439 g/mol. The van der Waals surface area contributed by atoms with Gasteiger partial charge in [-0.3, -0.25) is 4.79 Å². The summed E-state index contributed by atoms with van der Waals surface area (Å²) in [5.74, 6) is -0.585. The van der Waals surface area contributed by atoms with E-state index in [4.69, 9.17) is 0 Å². The van der Waals surface area contributed by atoms with E-state index in [2.05, 4.69) is 12.2 Å². The Hall–Kier alpha value is -1.73. The van der Waals surface area contributed by atoms with Gasteiger partial charge >= 0.3 is 12.4 Å². The smallest absolute Gasteiger partial charge is 0.326 e. The summed E-state index contributed by atoms with van der Waals surface area (Å²) in [4.78, 5) is 11.9. The first-order valence-electron chi connectivity index (χ1n) is 10.6. The van der Waals surface area contributed by atoms with Crippen LogP contribution in [0.1, 0.15) is 95.1 Å². The predicted molar refractivity (Wildman–Crippen MR) is 106 cm³/mol. The van der Waals surface area contributed by atoms with Crippen molar-refractivity contribution >= 4 is 11.6 Å². The number of carbonyl (C=O) groups is 1. The number of hydrogen-bond donors (Lipinski definition) is 1. The van der Waals surface area contributed by atoms with Crippen molar-refractivity contribution in [3.63, 3.8) is 0 Å². The summed E-state index contributed by atoms with van der Waals surface area (Å²) in [5, 5.41) is 2.16. The Morgan fingerprint density at radius 1 is 0.700 bits per heavy atom. The van der Waals surface area contributed by atoms with E-state index in [1.807, 2.05) is 0 Å². The van der Waals surface area contributed by atoms with Crippen molar-refractivity contribution in [3.05, 3.63) is 29.3 Å². The second kappa shape index (κ2) is 12.8. The van der Waals surface area contributed by atoms with Gasteiger partial charge < -0.3 is 5.32 Å². The summed E-state index contributed by atoms with van der Waals surface area (Å²) in [5.41, 5.74) is -3.38. The van der Waals surface area contributed by atoms with Crippen molar-refractivity contribution < 1.29 is 31.1 Å². The maximum absolute atomic E-state index is 12.8. The molecule has 0 aliphatic rings. The summed E-state index contributed by atoms with van der Waals surface area (Å²) >= 11 is 0. The van der Waals surface area contributed by atoms with Crippen molar-refractivity contribution in [1.82, 2.24) is 0 Å². The van der Waals surface area contributed by atoms with E-state index in [-0.39, 0.29) is 12.5 Å². The molecule has 0 radical (unpaired) electrons. The molecule has 0 saturated heterocycles. The van der Waals surface area contributed by atoms with E-state index in [1.165, 1.54) is 38.5 Å². The average Bonchev–Trinajstić information content (AvgIpc) is 2.64. The molecule has 0 aliphatic carbocycles. The van der Waals surface area contributed by atoms with Crippen molar-refractivity contribution in [1.29, 1.82) is 0 Å². The van der Waals surface area contributed by atoms with E-state index < -0.39 is 35.1 Å². The van der Waals surface area contributed by atoms with Gasteiger partial charge in [0.1, 0.15) is 0 Å². The van der Waals surface area contributed by atoms with Crippen LogP contribution in [-0.2, 0) is 17.1 Å². The summed E-state index contributed by atoms with van der Waals surface area (Å²) in [6.07, 6.45) is 2.20. The minimum Gasteiger partial charge on any atom is -0.326 e. The fraction of sp³-hybridized carbons (Fsp3) is 0.682. The molecular weight excluding hydrogens is 408 g/mol. The fourth-order valence-corrected chi connectivity index (χ4v) is 3.20. The SMILES string of the molecule is CCCCCCCCCCCCCC(=O)Nc1cc(C(F)(F)F)cc(C(F)(F)F)c1. The van der Waals surface area contributed by atoms with E-state index in [0.717, 1.165) is 25.7 Å². The molecule has 1 N–H and O–H groups in total. The molecule has 30 heavy (non-hydrogen) atoms. The van der Waals surface area contributed by atoms with Crippen LogP contribution in [0.2, 0.25) is 0 Å². The molecule has 0 heterocycles. The zero-order valence-electron chi connectivity index (χ0n) is 17.4. The van der Waals surface area contributed by atoms with Gasteiger partial charge in [-0.25, -0.2) is 0 Å². The maximum atomic E-state index is 12.8. The van der Waals surface area contributed by atoms with Gasteiger partial charge in [0.05, 0.1) is 11.1 Å². The molecule has 1 aromatic carbocycles. The molecule has 2 nitrogen and oxygen atoms in total. The molecule has 0 fully saturated rings. The standard InChI is InChI=1S/C22H31F6NO/c1-2-3-4-5-6-7-8-9-10-11-12-13-20(30)29-19-15-17(21(23,24)25)14-18(16-19)22(26,27)28/h14-16H,2-13H2,1H3,(H,29,30). The molecule has 8 heteroatoms. The molecular formula is C22H31F6NO. The van der Waals surface area contributed by atoms with Crippen LogP contribution < -0.4 is 5.32 Å². The maximum Gasteiger partial charge on any atom is 0.416 e. The highest BCUT2D eigenvalue weighted by atomic mass is 19.4. The first-order chi connectivity index (χ1) is 14.0. The quantitative estimate of drug-likeness (QED) is 0.243. The number of alkyl halides is 6. The van der Waals surface area contributed by atoms with Gasteiger partial charge in [-0.2, -0.15) is 26.3 Å². The lowest BCUT2D eigenvalue weighted by Gasteiger charge is -2.14. The van der Waals surface area contributed by atoms with Gasteiger partial charge in [-0.1, -0.05) is 71.1 Å². The van der Waals surface area contributed by atoms with Gasteiger partial charge in [0.2, 0.25) is 5.91 Å². The van der Waals surface area contributed by atoms with Crippen LogP contribution >= 0.6 is 0 Å². The highest BCUT2D eigenvalue weighted by Crippen LogP contribution is 2.37. The lowest BCUT2D eigenvalue weighted by molar-refractivity contribution is -0.143. The van der Waals surface area contributed by atoms with E-state index in [9.17, 15) is 31.1 Å². The summed E-state index contributed by atoms with van der Waals surface area (Å²) < 4.78 is 77.1. The minimum absolute atomic E-state index is 0.0411. The number of nitrogens with one attached hydrogen (secondary N) is 1. The Labute approximate surface area is 174 Å². The second-order valence-electron chi connectivity index (χ2n) is 7.63. The van der Waals surface area contributed by atoms with Crippen molar-refractivity contribution in [2.75, 3.05) is 5.32 Å². The molecule has 0 spiro atoms. The molecule has 0 bridgehead atoms. The first kappa shape index (κ1) is 26.3. The highest BCUT2D eigenvalue weighted by molar-refractivity contribution is 5.90. The molecule has 0 aliphatic heterocycles. The molecule has 0 aromatic heterocycles. The summed E-state index contributed by atoms with van der Waals surface area (Å²) in [7, 11) is 0. The van der Waals surface area contributed by atoms with Crippen LogP contribution in [0.5, 0.6) is 0 Å². The number of hydrogen-bond acceptors (Lipinski definition) is 1. The molecule has 1 aromatic rings. The van der Waals surface area contributed by atoms with Gasteiger partial charge in [0, 0.05) is 12.1 Å². The predicted octanol–water partition coefficient (Wildman–Crippen LogP) is 8.36. The fourth-order valence-electron chi connectivity index (χ4n) is 3.20.